The maximum absolute atomic E-state index is 12.4. The summed E-state index contributed by atoms with van der Waals surface area (Å²) in [4.78, 5) is 0.337. The lowest BCUT2D eigenvalue weighted by Gasteiger charge is -2.15. The van der Waals surface area contributed by atoms with Gasteiger partial charge in [0.2, 0.25) is 10.0 Å². The van der Waals surface area contributed by atoms with Gasteiger partial charge in [-0.25, -0.2) is 13.1 Å². The Hall–Kier alpha value is -0.850. The molecule has 1 fully saturated rings. The van der Waals surface area contributed by atoms with Crippen LogP contribution in [0.25, 0.3) is 0 Å². The Morgan fingerprint density at radius 2 is 1.95 bits per heavy atom. The number of aryl methyl sites for hydroxylation is 1. The first-order valence-electron chi connectivity index (χ1n) is 7.48. The van der Waals surface area contributed by atoms with Gasteiger partial charge >= 0.3 is 0 Å². The van der Waals surface area contributed by atoms with E-state index in [-0.39, 0.29) is 6.04 Å². The van der Waals surface area contributed by atoms with Crippen molar-refractivity contribution in [3.05, 3.63) is 18.0 Å². The van der Waals surface area contributed by atoms with Crippen LogP contribution in [0.3, 0.4) is 0 Å². The Morgan fingerprint density at radius 3 is 2.45 bits per heavy atom. The summed E-state index contributed by atoms with van der Waals surface area (Å²) in [6.45, 7) is 3.06. The molecule has 0 unspecified atom stereocenters. The molecule has 1 aliphatic rings. The Labute approximate surface area is 121 Å². The Balaban J connectivity index is 2.14. The SMILES string of the molecule is CCn1cc(S(=O)(=O)NC2CCCCCC2)cc1CN. The van der Waals surface area contributed by atoms with E-state index in [1.54, 1.807) is 12.3 Å². The predicted octanol–water partition coefficient (Wildman–Crippen LogP) is 1.97. The molecule has 0 atom stereocenters. The van der Waals surface area contributed by atoms with Gasteiger partial charge in [-0.3, -0.25) is 0 Å². The predicted molar refractivity (Wildman–Crippen MR) is 79.8 cm³/mol. The molecule has 1 aliphatic carbocycles. The molecule has 114 valence electrons. The first-order valence-corrected chi connectivity index (χ1v) is 8.96. The number of nitrogens with zero attached hydrogens (tertiary/aromatic N) is 1. The van der Waals surface area contributed by atoms with Crippen molar-refractivity contribution in [3.63, 3.8) is 0 Å². The van der Waals surface area contributed by atoms with Gasteiger partial charge < -0.3 is 10.3 Å². The van der Waals surface area contributed by atoms with Crippen LogP contribution >= 0.6 is 0 Å². The molecule has 20 heavy (non-hydrogen) atoms. The minimum Gasteiger partial charge on any atom is -0.349 e. The van der Waals surface area contributed by atoms with Gasteiger partial charge in [0, 0.05) is 31.0 Å². The normalized spacial score (nSPS) is 18.1. The van der Waals surface area contributed by atoms with Gasteiger partial charge in [-0.05, 0) is 25.8 Å². The van der Waals surface area contributed by atoms with Gasteiger partial charge in [0.1, 0.15) is 0 Å². The molecular formula is C14H25N3O2S. The second-order valence-electron chi connectivity index (χ2n) is 5.47. The van der Waals surface area contributed by atoms with Gasteiger partial charge in [-0.15, -0.1) is 0 Å². The minimum absolute atomic E-state index is 0.0776. The third-order valence-electron chi connectivity index (χ3n) is 4.00. The number of rotatable bonds is 5. The van der Waals surface area contributed by atoms with Crippen molar-refractivity contribution in [2.24, 2.45) is 5.73 Å². The summed E-state index contributed by atoms with van der Waals surface area (Å²) in [5.74, 6) is 0. The fourth-order valence-electron chi connectivity index (χ4n) is 2.82. The van der Waals surface area contributed by atoms with Crippen LogP contribution in [0.15, 0.2) is 17.2 Å². The zero-order valence-corrected chi connectivity index (χ0v) is 13.0. The van der Waals surface area contributed by atoms with Crippen molar-refractivity contribution in [2.75, 3.05) is 0 Å². The van der Waals surface area contributed by atoms with Crippen molar-refractivity contribution >= 4 is 10.0 Å². The summed E-state index contributed by atoms with van der Waals surface area (Å²) in [6.07, 6.45) is 8.20. The maximum atomic E-state index is 12.4. The minimum atomic E-state index is -3.42. The highest BCUT2D eigenvalue weighted by Gasteiger charge is 2.22. The maximum Gasteiger partial charge on any atom is 0.242 e. The highest BCUT2D eigenvalue weighted by atomic mass is 32.2. The molecular weight excluding hydrogens is 274 g/mol. The molecule has 0 spiro atoms. The highest BCUT2D eigenvalue weighted by molar-refractivity contribution is 7.89. The van der Waals surface area contributed by atoms with E-state index in [9.17, 15) is 8.42 Å². The van der Waals surface area contributed by atoms with E-state index in [0.717, 1.165) is 37.9 Å². The van der Waals surface area contributed by atoms with Crippen LogP contribution in [-0.2, 0) is 23.1 Å². The van der Waals surface area contributed by atoms with Gasteiger partial charge in [0.15, 0.2) is 0 Å². The van der Waals surface area contributed by atoms with Crippen LogP contribution in [-0.4, -0.2) is 19.0 Å². The lowest BCUT2D eigenvalue weighted by molar-refractivity contribution is 0.510. The quantitative estimate of drug-likeness (QED) is 0.816. The third kappa shape index (κ3) is 3.62. The third-order valence-corrected chi connectivity index (χ3v) is 5.49. The Bertz CT molecular complexity index is 507. The topological polar surface area (TPSA) is 77.1 Å². The number of sulfonamides is 1. The molecule has 1 aromatic rings. The molecule has 0 bridgehead atoms. The highest BCUT2D eigenvalue weighted by Crippen LogP contribution is 2.20. The molecule has 0 saturated heterocycles. The lowest BCUT2D eigenvalue weighted by atomic mass is 10.1. The summed E-state index contributed by atoms with van der Waals surface area (Å²) >= 11 is 0. The molecule has 1 aromatic heterocycles. The van der Waals surface area contributed by atoms with Gasteiger partial charge in [0.05, 0.1) is 4.90 Å². The fourth-order valence-corrected chi connectivity index (χ4v) is 4.19. The first kappa shape index (κ1) is 15.5. The van der Waals surface area contributed by atoms with Gasteiger partial charge in [-0.2, -0.15) is 0 Å². The Morgan fingerprint density at radius 1 is 1.30 bits per heavy atom. The molecule has 0 aromatic carbocycles. The second kappa shape index (κ2) is 6.74. The molecule has 0 radical (unpaired) electrons. The van der Waals surface area contributed by atoms with E-state index >= 15 is 0 Å². The fraction of sp³-hybridized carbons (Fsp3) is 0.714. The molecule has 3 N–H and O–H groups in total. The summed E-state index contributed by atoms with van der Waals surface area (Å²) in [6, 6.07) is 1.76. The number of hydrogen-bond donors (Lipinski definition) is 2. The summed E-state index contributed by atoms with van der Waals surface area (Å²) in [7, 11) is -3.42. The van der Waals surface area contributed by atoms with Crippen LogP contribution in [0.2, 0.25) is 0 Å². The van der Waals surface area contributed by atoms with Crippen LogP contribution in [0.1, 0.15) is 51.1 Å². The van der Waals surface area contributed by atoms with Crippen molar-refractivity contribution in [2.45, 2.75) is 69.5 Å². The van der Waals surface area contributed by atoms with Crippen molar-refractivity contribution in [1.29, 1.82) is 0 Å². The number of nitrogens with one attached hydrogen (secondary N) is 1. The number of aromatic nitrogens is 1. The number of hydrogen-bond acceptors (Lipinski definition) is 3. The molecule has 0 amide bonds. The van der Waals surface area contributed by atoms with E-state index in [0.29, 0.717) is 11.4 Å². The van der Waals surface area contributed by atoms with Crippen LogP contribution < -0.4 is 10.5 Å². The summed E-state index contributed by atoms with van der Waals surface area (Å²) < 4.78 is 29.6. The van der Waals surface area contributed by atoms with E-state index in [1.165, 1.54) is 12.8 Å². The molecule has 6 heteroatoms. The van der Waals surface area contributed by atoms with Crippen molar-refractivity contribution < 1.29 is 8.42 Å². The van der Waals surface area contributed by atoms with Crippen molar-refractivity contribution in [3.8, 4) is 0 Å². The van der Waals surface area contributed by atoms with Crippen LogP contribution in [0.5, 0.6) is 0 Å². The standard InChI is InChI=1S/C14H25N3O2S/c1-2-17-11-14(9-13(17)10-15)20(18,19)16-12-7-5-3-4-6-8-12/h9,11-12,16H,2-8,10,15H2,1H3. The first-order chi connectivity index (χ1) is 9.56. The zero-order valence-electron chi connectivity index (χ0n) is 12.1. The van der Waals surface area contributed by atoms with Crippen LogP contribution in [0, 0.1) is 0 Å². The van der Waals surface area contributed by atoms with Gasteiger partial charge in [-0.1, -0.05) is 25.7 Å². The molecule has 0 aliphatic heterocycles. The smallest absolute Gasteiger partial charge is 0.242 e. The molecule has 1 saturated carbocycles. The molecule has 5 nitrogen and oxygen atoms in total. The summed E-state index contributed by atoms with van der Waals surface area (Å²) in [5.41, 5.74) is 6.51. The monoisotopic (exact) mass is 299 g/mol. The second-order valence-corrected chi connectivity index (χ2v) is 7.18. The number of nitrogens with two attached hydrogens (primary N) is 1. The van der Waals surface area contributed by atoms with E-state index < -0.39 is 10.0 Å². The molecule has 2 rings (SSSR count). The average Bonchev–Trinajstić information content (AvgIpc) is 2.71. The van der Waals surface area contributed by atoms with Gasteiger partial charge in [0.25, 0.3) is 0 Å². The molecule has 1 heterocycles. The van der Waals surface area contributed by atoms with E-state index in [4.69, 9.17) is 5.73 Å². The summed E-state index contributed by atoms with van der Waals surface area (Å²) in [5, 5.41) is 0. The zero-order chi connectivity index (χ0) is 14.6. The van der Waals surface area contributed by atoms with Crippen LogP contribution in [0.4, 0.5) is 0 Å². The van der Waals surface area contributed by atoms with Crippen molar-refractivity contribution in [1.82, 2.24) is 9.29 Å². The lowest BCUT2D eigenvalue weighted by Crippen LogP contribution is -2.34. The van der Waals surface area contributed by atoms with E-state index in [1.807, 2.05) is 11.5 Å². The van der Waals surface area contributed by atoms with E-state index in [2.05, 4.69) is 4.72 Å². The largest absolute Gasteiger partial charge is 0.349 e. The average molecular weight is 299 g/mol. The Kier molecular flexibility index (Phi) is 5.23.